The van der Waals surface area contributed by atoms with Crippen LogP contribution in [-0.4, -0.2) is 61.4 Å². The van der Waals surface area contributed by atoms with Crippen molar-refractivity contribution < 1.29 is 14.3 Å². The van der Waals surface area contributed by atoms with Crippen molar-refractivity contribution in [3.63, 3.8) is 0 Å². The Labute approximate surface area is 190 Å². The SMILES string of the molecule is COc1ccc(-c2ccc(N3CCN(C(=O)CCC4CCCCC4)CC3)nn2)cc1OC. The number of anilines is 1. The molecule has 1 aromatic carbocycles. The molecule has 172 valence electrons. The van der Waals surface area contributed by atoms with Crippen LogP contribution in [0.1, 0.15) is 44.9 Å². The average molecular weight is 439 g/mol. The summed E-state index contributed by atoms with van der Waals surface area (Å²) in [6.45, 7) is 3.09. The molecule has 32 heavy (non-hydrogen) atoms. The van der Waals surface area contributed by atoms with Gasteiger partial charge in [0.1, 0.15) is 0 Å². The third-order valence-corrected chi connectivity index (χ3v) is 6.78. The van der Waals surface area contributed by atoms with E-state index >= 15 is 0 Å². The number of piperazine rings is 1. The number of aromatic nitrogens is 2. The van der Waals surface area contributed by atoms with E-state index < -0.39 is 0 Å². The Hall–Kier alpha value is -2.83. The van der Waals surface area contributed by atoms with E-state index in [0.717, 1.165) is 55.6 Å². The number of amides is 1. The molecule has 7 heteroatoms. The van der Waals surface area contributed by atoms with Crippen molar-refractivity contribution in [3.8, 4) is 22.8 Å². The van der Waals surface area contributed by atoms with Gasteiger partial charge in [0.05, 0.1) is 19.9 Å². The summed E-state index contributed by atoms with van der Waals surface area (Å²) >= 11 is 0. The number of nitrogens with zero attached hydrogens (tertiary/aromatic N) is 4. The van der Waals surface area contributed by atoms with Gasteiger partial charge in [0.15, 0.2) is 17.3 Å². The molecule has 1 aromatic heterocycles. The van der Waals surface area contributed by atoms with Crippen molar-refractivity contribution in [2.45, 2.75) is 44.9 Å². The second-order valence-electron chi connectivity index (χ2n) is 8.76. The summed E-state index contributed by atoms with van der Waals surface area (Å²) in [7, 11) is 3.24. The quantitative estimate of drug-likeness (QED) is 0.646. The van der Waals surface area contributed by atoms with Crippen molar-refractivity contribution in [3.05, 3.63) is 30.3 Å². The fraction of sp³-hybridized carbons (Fsp3) is 0.560. The van der Waals surface area contributed by atoms with Crippen molar-refractivity contribution in [1.82, 2.24) is 15.1 Å². The Balaban J connectivity index is 1.29. The van der Waals surface area contributed by atoms with E-state index in [0.29, 0.717) is 23.8 Å². The second-order valence-corrected chi connectivity index (χ2v) is 8.76. The summed E-state index contributed by atoms with van der Waals surface area (Å²) in [5.74, 6) is 3.27. The van der Waals surface area contributed by atoms with Gasteiger partial charge in [-0.3, -0.25) is 4.79 Å². The van der Waals surface area contributed by atoms with E-state index in [9.17, 15) is 4.79 Å². The predicted octanol–water partition coefficient (Wildman–Crippen LogP) is 4.17. The van der Waals surface area contributed by atoms with Gasteiger partial charge in [0.2, 0.25) is 5.91 Å². The first-order chi connectivity index (χ1) is 15.7. The van der Waals surface area contributed by atoms with Crippen LogP contribution >= 0.6 is 0 Å². The molecule has 2 fully saturated rings. The molecule has 0 unspecified atom stereocenters. The minimum absolute atomic E-state index is 0.310. The summed E-state index contributed by atoms with van der Waals surface area (Å²) < 4.78 is 10.7. The standard InChI is InChI=1S/C25H34N4O3/c1-31-22-11-9-20(18-23(22)32-2)21-10-12-24(27-26-21)28-14-16-29(17-15-28)25(30)13-8-19-6-4-3-5-7-19/h9-12,18-19H,3-8,13-17H2,1-2H3. The van der Waals surface area contributed by atoms with Gasteiger partial charge in [-0.05, 0) is 42.7 Å². The molecule has 0 bridgehead atoms. The first kappa shape index (κ1) is 22.4. The summed E-state index contributed by atoms with van der Waals surface area (Å²) in [6, 6.07) is 9.70. The molecule has 4 rings (SSSR count). The molecule has 0 N–H and O–H groups in total. The lowest BCUT2D eigenvalue weighted by molar-refractivity contribution is -0.131. The Kier molecular flexibility index (Phi) is 7.45. The molecule has 0 spiro atoms. The monoisotopic (exact) mass is 438 g/mol. The fourth-order valence-corrected chi connectivity index (χ4v) is 4.79. The van der Waals surface area contributed by atoms with E-state index in [2.05, 4.69) is 15.1 Å². The summed E-state index contributed by atoms with van der Waals surface area (Å²) in [4.78, 5) is 16.9. The molecule has 1 aliphatic carbocycles. The van der Waals surface area contributed by atoms with E-state index in [-0.39, 0.29) is 0 Å². The summed E-state index contributed by atoms with van der Waals surface area (Å²) in [6.07, 6.45) is 8.40. The van der Waals surface area contributed by atoms with Crippen LogP contribution in [-0.2, 0) is 4.79 Å². The normalized spacial score (nSPS) is 17.3. The zero-order valence-electron chi connectivity index (χ0n) is 19.3. The van der Waals surface area contributed by atoms with Crippen LogP contribution in [0.3, 0.4) is 0 Å². The Morgan fingerprint density at radius 2 is 1.69 bits per heavy atom. The topological polar surface area (TPSA) is 67.8 Å². The van der Waals surface area contributed by atoms with Gasteiger partial charge in [-0.2, -0.15) is 0 Å². The smallest absolute Gasteiger partial charge is 0.222 e. The molecule has 2 heterocycles. The number of benzene rings is 1. The van der Waals surface area contributed by atoms with Crippen molar-refractivity contribution in [1.29, 1.82) is 0 Å². The van der Waals surface area contributed by atoms with Gasteiger partial charge in [0, 0.05) is 38.2 Å². The maximum Gasteiger partial charge on any atom is 0.222 e. The van der Waals surface area contributed by atoms with Gasteiger partial charge in [-0.1, -0.05) is 32.1 Å². The van der Waals surface area contributed by atoms with E-state index in [1.165, 1.54) is 32.1 Å². The number of hydrogen-bond acceptors (Lipinski definition) is 6. The Morgan fingerprint density at radius 3 is 2.34 bits per heavy atom. The lowest BCUT2D eigenvalue weighted by Gasteiger charge is -2.35. The molecule has 2 aliphatic rings. The highest BCUT2D eigenvalue weighted by molar-refractivity contribution is 5.76. The number of methoxy groups -OCH3 is 2. The zero-order chi connectivity index (χ0) is 22.3. The number of rotatable bonds is 7. The van der Waals surface area contributed by atoms with E-state index in [1.807, 2.05) is 35.2 Å². The lowest BCUT2D eigenvalue weighted by atomic mass is 9.86. The van der Waals surface area contributed by atoms with Crippen LogP contribution in [0.2, 0.25) is 0 Å². The zero-order valence-corrected chi connectivity index (χ0v) is 19.3. The van der Waals surface area contributed by atoms with Crippen molar-refractivity contribution >= 4 is 11.7 Å². The van der Waals surface area contributed by atoms with Crippen LogP contribution in [0.15, 0.2) is 30.3 Å². The third-order valence-electron chi connectivity index (χ3n) is 6.78. The molecule has 1 amide bonds. The molecule has 2 aromatic rings. The molecule has 7 nitrogen and oxygen atoms in total. The number of carbonyl (C=O) groups is 1. The van der Waals surface area contributed by atoms with Crippen molar-refractivity contribution in [2.24, 2.45) is 5.92 Å². The highest BCUT2D eigenvalue weighted by Gasteiger charge is 2.23. The third kappa shape index (κ3) is 5.31. The molecule has 1 saturated carbocycles. The van der Waals surface area contributed by atoms with Gasteiger partial charge in [-0.15, -0.1) is 10.2 Å². The summed E-state index contributed by atoms with van der Waals surface area (Å²) in [5, 5.41) is 8.87. The van der Waals surface area contributed by atoms with E-state index in [4.69, 9.17) is 9.47 Å². The second kappa shape index (κ2) is 10.7. The van der Waals surface area contributed by atoms with Crippen LogP contribution in [0.25, 0.3) is 11.3 Å². The van der Waals surface area contributed by atoms with Crippen LogP contribution in [0, 0.1) is 5.92 Å². The first-order valence-corrected chi connectivity index (χ1v) is 11.8. The van der Waals surface area contributed by atoms with Crippen molar-refractivity contribution in [2.75, 3.05) is 45.3 Å². The fourth-order valence-electron chi connectivity index (χ4n) is 4.79. The highest BCUT2D eigenvalue weighted by atomic mass is 16.5. The van der Waals surface area contributed by atoms with Crippen LogP contribution in [0.4, 0.5) is 5.82 Å². The predicted molar refractivity (Wildman–Crippen MR) is 125 cm³/mol. The van der Waals surface area contributed by atoms with E-state index in [1.54, 1.807) is 14.2 Å². The highest BCUT2D eigenvalue weighted by Crippen LogP contribution is 2.32. The molecule has 0 atom stereocenters. The largest absolute Gasteiger partial charge is 0.493 e. The Bertz CT molecular complexity index is 889. The molecule has 1 saturated heterocycles. The Morgan fingerprint density at radius 1 is 0.938 bits per heavy atom. The molecular formula is C25H34N4O3. The van der Waals surface area contributed by atoms with Gasteiger partial charge in [-0.25, -0.2) is 0 Å². The minimum atomic E-state index is 0.310. The molecule has 0 radical (unpaired) electrons. The number of ether oxygens (including phenoxy) is 2. The first-order valence-electron chi connectivity index (χ1n) is 11.8. The lowest BCUT2D eigenvalue weighted by Crippen LogP contribution is -2.49. The van der Waals surface area contributed by atoms with Gasteiger partial charge in [0.25, 0.3) is 0 Å². The number of carbonyl (C=O) groups excluding carboxylic acids is 1. The minimum Gasteiger partial charge on any atom is -0.493 e. The average Bonchev–Trinajstić information content (AvgIpc) is 2.87. The van der Waals surface area contributed by atoms with Crippen LogP contribution < -0.4 is 14.4 Å². The van der Waals surface area contributed by atoms with Crippen LogP contribution in [0.5, 0.6) is 11.5 Å². The maximum atomic E-state index is 12.6. The summed E-state index contributed by atoms with van der Waals surface area (Å²) in [5.41, 5.74) is 1.71. The van der Waals surface area contributed by atoms with Gasteiger partial charge < -0.3 is 19.3 Å². The maximum absolute atomic E-state index is 12.6. The number of hydrogen-bond donors (Lipinski definition) is 0. The van der Waals surface area contributed by atoms with Gasteiger partial charge >= 0.3 is 0 Å². The molecular weight excluding hydrogens is 404 g/mol. The molecule has 1 aliphatic heterocycles.